The van der Waals surface area contributed by atoms with Crippen LogP contribution >= 0.6 is 15.9 Å². The van der Waals surface area contributed by atoms with E-state index in [0.717, 1.165) is 19.3 Å². The van der Waals surface area contributed by atoms with Gasteiger partial charge in [0.15, 0.2) is 5.78 Å². The molecule has 0 N–H and O–H groups in total. The van der Waals surface area contributed by atoms with Crippen molar-refractivity contribution < 1.29 is 9.18 Å². The number of hydrogen-bond acceptors (Lipinski definition) is 1. The van der Waals surface area contributed by atoms with Gasteiger partial charge in [0.25, 0.3) is 0 Å². The van der Waals surface area contributed by atoms with Gasteiger partial charge in [-0.25, -0.2) is 4.39 Å². The highest BCUT2D eigenvalue weighted by Gasteiger charge is 2.27. The lowest BCUT2D eigenvalue weighted by Crippen LogP contribution is -2.22. The first kappa shape index (κ1) is 9.84. The summed E-state index contributed by atoms with van der Waals surface area (Å²) in [7, 11) is 0. The fourth-order valence-electron chi connectivity index (χ4n) is 1.58. The third-order valence-electron chi connectivity index (χ3n) is 2.67. The third-order valence-corrected chi connectivity index (χ3v) is 3.33. The van der Waals surface area contributed by atoms with E-state index in [1.165, 1.54) is 12.1 Å². The fourth-order valence-corrected chi connectivity index (χ4v) is 2.13. The molecule has 3 heteroatoms. The van der Waals surface area contributed by atoms with E-state index in [1.54, 1.807) is 6.07 Å². The van der Waals surface area contributed by atoms with Crippen LogP contribution in [0.5, 0.6) is 0 Å². The van der Waals surface area contributed by atoms with Gasteiger partial charge in [0, 0.05) is 16.0 Å². The molecule has 0 aliphatic heterocycles. The molecule has 0 aromatic heterocycles. The van der Waals surface area contributed by atoms with Crippen molar-refractivity contribution >= 4 is 21.7 Å². The zero-order valence-electron chi connectivity index (χ0n) is 7.59. The molecule has 2 rings (SSSR count). The van der Waals surface area contributed by atoms with Crippen LogP contribution in [-0.2, 0) is 0 Å². The van der Waals surface area contributed by atoms with Crippen molar-refractivity contribution in [1.29, 1.82) is 0 Å². The molecule has 0 bridgehead atoms. The van der Waals surface area contributed by atoms with Gasteiger partial charge in [0.2, 0.25) is 0 Å². The average Bonchev–Trinajstić information content (AvgIpc) is 2.00. The molecule has 1 aliphatic carbocycles. The van der Waals surface area contributed by atoms with Gasteiger partial charge in [0.1, 0.15) is 5.82 Å². The van der Waals surface area contributed by atoms with Gasteiger partial charge < -0.3 is 0 Å². The molecular weight excluding hydrogens is 247 g/mol. The van der Waals surface area contributed by atoms with E-state index in [1.807, 2.05) is 0 Å². The van der Waals surface area contributed by atoms with E-state index >= 15 is 0 Å². The Morgan fingerprint density at radius 3 is 2.64 bits per heavy atom. The average molecular weight is 257 g/mol. The lowest BCUT2D eigenvalue weighted by Gasteiger charge is -2.24. The molecule has 0 amide bonds. The summed E-state index contributed by atoms with van der Waals surface area (Å²) in [5.41, 5.74) is 0.608. The van der Waals surface area contributed by atoms with Crippen molar-refractivity contribution in [3.8, 4) is 0 Å². The van der Waals surface area contributed by atoms with E-state index in [2.05, 4.69) is 15.9 Å². The second kappa shape index (κ2) is 3.81. The van der Waals surface area contributed by atoms with Gasteiger partial charge in [-0.3, -0.25) is 4.79 Å². The van der Waals surface area contributed by atoms with Crippen LogP contribution in [0.15, 0.2) is 22.7 Å². The Hall–Kier alpha value is -0.700. The summed E-state index contributed by atoms with van der Waals surface area (Å²) in [6.07, 6.45) is 3.08. The molecular formula is C11H10BrFO. The van der Waals surface area contributed by atoms with Crippen molar-refractivity contribution in [2.24, 2.45) is 5.92 Å². The Kier molecular flexibility index (Phi) is 2.68. The second-order valence-electron chi connectivity index (χ2n) is 3.62. The van der Waals surface area contributed by atoms with Crippen LogP contribution in [0.4, 0.5) is 4.39 Å². The molecule has 0 unspecified atom stereocenters. The molecule has 1 aromatic rings. The molecule has 0 heterocycles. The maximum Gasteiger partial charge on any atom is 0.167 e. The lowest BCUT2D eigenvalue weighted by atomic mass is 9.80. The largest absolute Gasteiger partial charge is 0.294 e. The Labute approximate surface area is 90.4 Å². The Morgan fingerprint density at radius 1 is 1.43 bits per heavy atom. The predicted molar refractivity (Wildman–Crippen MR) is 55.8 cm³/mol. The van der Waals surface area contributed by atoms with Gasteiger partial charge >= 0.3 is 0 Å². The number of carbonyl (C=O) groups excluding carboxylic acids is 1. The number of Topliss-reactive ketones (excluding diaryl/α,β-unsaturated/α-hetero) is 1. The summed E-state index contributed by atoms with van der Waals surface area (Å²) in [4.78, 5) is 11.8. The number of ketones is 1. The predicted octanol–water partition coefficient (Wildman–Crippen LogP) is 3.57. The minimum Gasteiger partial charge on any atom is -0.294 e. The normalized spacial score (nSPS) is 16.4. The van der Waals surface area contributed by atoms with Crippen LogP contribution in [0.1, 0.15) is 29.6 Å². The van der Waals surface area contributed by atoms with E-state index in [9.17, 15) is 9.18 Å². The summed E-state index contributed by atoms with van der Waals surface area (Å²) in [6.45, 7) is 0. The third kappa shape index (κ3) is 1.73. The first-order valence-electron chi connectivity index (χ1n) is 4.68. The topological polar surface area (TPSA) is 17.1 Å². The summed E-state index contributed by atoms with van der Waals surface area (Å²) in [6, 6.07) is 4.22. The number of benzene rings is 1. The quantitative estimate of drug-likeness (QED) is 0.740. The molecule has 0 atom stereocenters. The highest BCUT2D eigenvalue weighted by Crippen LogP contribution is 2.32. The van der Waals surface area contributed by atoms with Crippen LogP contribution < -0.4 is 0 Å². The van der Waals surface area contributed by atoms with Gasteiger partial charge in [-0.05, 0) is 47.0 Å². The van der Waals surface area contributed by atoms with Crippen LogP contribution in [0.3, 0.4) is 0 Å². The maximum absolute atomic E-state index is 12.8. The van der Waals surface area contributed by atoms with E-state index in [0.29, 0.717) is 10.0 Å². The zero-order valence-corrected chi connectivity index (χ0v) is 9.18. The zero-order chi connectivity index (χ0) is 10.1. The van der Waals surface area contributed by atoms with Gasteiger partial charge in [0.05, 0.1) is 0 Å². The molecule has 1 saturated carbocycles. The monoisotopic (exact) mass is 256 g/mol. The molecule has 14 heavy (non-hydrogen) atoms. The van der Waals surface area contributed by atoms with Crippen molar-refractivity contribution in [2.75, 3.05) is 0 Å². The summed E-state index contributed by atoms with van der Waals surface area (Å²) in [5.74, 6) is -0.0121. The van der Waals surface area contributed by atoms with Crippen LogP contribution in [0, 0.1) is 11.7 Å². The standard InChI is InChI=1S/C11H10BrFO/c12-10-6-8(13)4-5-9(10)11(14)7-2-1-3-7/h4-7H,1-3H2. The number of halogens is 2. The molecule has 0 saturated heterocycles. The van der Waals surface area contributed by atoms with E-state index < -0.39 is 0 Å². The smallest absolute Gasteiger partial charge is 0.167 e. The summed E-state index contributed by atoms with van der Waals surface area (Å²) >= 11 is 3.21. The van der Waals surface area contributed by atoms with E-state index in [4.69, 9.17) is 0 Å². The fraction of sp³-hybridized carbons (Fsp3) is 0.364. The molecule has 74 valence electrons. The molecule has 1 aliphatic rings. The number of carbonyl (C=O) groups is 1. The van der Waals surface area contributed by atoms with Crippen molar-refractivity contribution in [3.63, 3.8) is 0 Å². The lowest BCUT2D eigenvalue weighted by molar-refractivity contribution is 0.0854. The summed E-state index contributed by atoms with van der Waals surface area (Å²) in [5, 5.41) is 0. The SMILES string of the molecule is O=C(c1ccc(F)cc1Br)C1CCC1. The van der Waals surface area contributed by atoms with Crippen LogP contribution in [0.2, 0.25) is 0 Å². The number of rotatable bonds is 2. The Morgan fingerprint density at radius 2 is 2.14 bits per heavy atom. The summed E-state index contributed by atoms with van der Waals surface area (Å²) < 4.78 is 13.3. The van der Waals surface area contributed by atoms with Crippen LogP contribution in [0.25, 0.3) is 0 Å². The van der Waals surface area contributed by atoms with Gasteiger partial charge in [-0.2, -0.15) is 0 Å². The second-order valence-corrected chi connectivity index (χ2v) is 4.47. The highest BCUT2D eigenvalue weighted by molar-refractivity contribution is 9.10. The molecule has 0 spiro atoms. The maximum atomic E-state index is 12.8. The van der Waals surface area contributed by atoms with Gasteiger partial charge in [-0.15, -0.1) is 0 Å². The highest BCUT2D eigenvalue weighted by atomic mass is 79.9. The Balaban J connectivity index is 2.26. The molecule has 1 nitrogen and oxygen atoms in total. The van der Waals surface area contributed by atoms with Gasteiger partial charge in [-0.1, -0.05) is 6.42 Å². The van der Waals surface area contributed by atoms with Crippen molar-refractivity contribution in [2.45, 2.75) is 19.3 Å². The van der Waals surface area contributed by atoms with E-state index in [-0.39, 0.29) is 17.5 Å². The molecule has 0 radical (unpaired) electrons. The number of hydrogen-bond donors (Lipinski definition) is 0. The first-order valence-corrected chi connectivity index (χ1v) is 5.47. The molecule has 1 fully saturated rings. The Bertz CT molecular complexity index is 372. The minimum absolute atomic E-state index is 0.142. The van der Waals surface area contributed by atoms with Crippen molar-refractivity contribution in [1.82, 2.24) is 0 Å². The first-order chi connectivity index (χ1) is 6.68. The minimum atomic E-state index is -0.318. The van der Waals surface area contributed by atoms with Crippen LogP contribution in [-0.4, -0.2) is 5.78 Å². The molecule has 1 aromatic carbocycles. The van der Waals surface area contributed by atoms with Crippen molar-refractivity contribution in [3.05, 3.63) is 34.1 Å².